The lowest BCUT2D eigenvalue weighted by Gasteiger charge is -2.10. The molecule has 2 aromatic heterocycles. The van der Waals surface area contributed by atoms with Crippen molar-refractivity contribution in [2.75, 3.05) is 5.75 Å². The highest BCUT2D eigenvalue weighted by Crippen LogP contribution is 2.23. The van der Waals surface area contributed by atoms with Crippen LogP contribution in [-0.2, 0) is 6.54 Å². The molecule has 0 N–H and O–H groups in total. The van der Waals surface area contributed by atoms with E-state index in [9.17, 15) is 18.4 Å². The molecule has 7 nitrogen and oxygen atoms in total. The molecule has 0 spiro atoms. The van der Waals surface area contributed by atoms with Crippen molar-refractivity contribution in [2.45, 2.75) is 38.1 Å². The molecule has 0 amide bonds. The average Bonchev–Trinajstić information content (AvgIpc) is 3.21. The molecule has 0 atom stereocenters. The Labute approximate surface area is 186 Å². The van der Waals surface area contributed by atoms with Crippen molar-refractivity contribution in [1.82, 2.24) is 19.2 Å². The predicted octanol–water partition coefficient (Wildman–Crippen LogP) is 4.42. The molecular formula is C22H20F2N4O3S. The topological polar surface area (TPSA) is 78.5 Å². The Morgan fingerprint density at radius 3 is 2.59 bits per heavy atom. The standard InChI is InChI=1S/C22H20F2N4O3S/c1-2-3-12-27-19(30)16-6-4-5-7-17(16)28-21(27)25-26-22(28)32-13-18(29)14-8-10-15(11-9-14)31-20(23)24/h4-11,20H,2-3,12-13H2,1H3. The van der Waals surface area contributed by atoms with Crippen molar-refractivity contribution in [3.8, 4) is 5.75 Å². The molecular weight excluding hydrogens is 438 g/mol. The quantitative estimate of drug-likeness (QED) is 0.273. The van der Waals surface area contributed by atoms with Crippen LogP contribution >= 0.6 is 11.8 Å². The molecule has 0 aliphatic rings. The number of Topliss-reactive ketones (excluding diaryl/α,β-unsaturated/α-hetero) is 1. The number of alkyl halides is 2. The number of aryl methyl sites for hydroxylation is 1. The minimum Gasteiger partial charge on any atom is -0.435 e. The van der Waals surface area contributed by atoms with E-state index in [2.05, 4.69) is 14.9 Å². The molecule has 0 saturated carbocycles. The number of para-hydroxylation sites is 1. The summed E-state index contributed by atoms with van der Waals surface area (Å²) in [7, 11) is 0. The Kier molecular flexibility index (Phi) is 6.50. The second kappa shape index (κ2) is 9.47. The molecule has 0 aliphatic heterocycles. The van der Waals surface area contributed by atoms with Crippen molar-refractivity contribution in [3.05, 3.63) is 64.4 Å². The molecule has 0 unspecified atom stereocenters. The number of halogens is 2. The Bertz CT molecular complexity index is 1320. The van der Waals surface area contributed by atoms with E-state index < -0.39 is 6.61 Å². The zero-order valence-corrected chi connectivity index (χ0v) is 18.0. The molecule has 166 valence electrons. The normalized spacial score (nSPS) is 11.5. The van der Waals surface area contributed by atoms with Gasteiger partial charge < -0.3 is 4.74 Å². The number of aromatic nitrogens is 4. The summed E-state index contributed by atoms with van der Waals surface area (Å²) in [5, 5.41) is 9.50. The summed E-state index contributed by atoms with van der Waals surface area (Å²) in [5.74, 6) is 0.298. The van der Waals surface area contributed by atoms with Crippen molar-refractivity contribution < 1.29 is 18.3 Å². The van der Waals surface area contributed by atoms with Gasteiger partial charge in [0.2, 0.25) is 5.78 Å². The second-order valence-corrected chi connectivity index (χ2v) is 8.00. The van der Waals surface area contributed by atoms with Crippen LogP contribution in [0.5, 0.6) is 5.75 Å². The first-order valence-corrected chi connectivity index (χ1v) is 11.1. The van der Waals surface area contributed by atoms with Crippen LogP contribution in [0.3, 0.4) is 0 Å². The number of rotatable bonds is 9. The van der Waals surface area contributed by atoms with Gasteiger partial charge in [-0.1, -0.05) is 37.2 Å². The maximum Gasteiger partial charge on any atom is 0.387 e. The van der Waals surface area contributed by atoms with Gasteiger partial charge in [-0.2, -0.15) is 8.78 Å². The fourth-order valence-electron chi connectivity index (χ4n) is 3.38. The summed E-state index contributed by atoms with van der Waals surface area (Å²) in [6.07, 6.45) is 1.75. The third-order valence-corrected chi connectivity index (χ3v) is 5.88. The maximum absolute atomic E-state index is 13.0. The highest BCUT2D eigenvalue weighted by molar-refractivity contribution is 7.99. The SMILES string of the molecule is CCCCn1c(=O)c2ccccc2n2c(SCC(=O)c3ccc(OC(F)F)cc3)nnc12. The van der Waals surface area contributed by atoms with Crippen LogP contribution in [0.1, 0.15) is 30.1 Å². The van der Waals surface area contributed by atoms with E-state index >= 15 is 0 Å². The first-order chi connectivity index (χ1) is 15.5. The molecule has 4 rings (SSSR count). The summed E-state index contributed by atoms with van der Waals surface area (Å²) >= 11 is 1.20. The Morgan fingerprint density at radius 1 is 1.12 bits per heavy atom. The van der Waals surface area contributed by atoms with Crippen molar-refractivity contribution in [1.29, 1.82) is 0 Å². The summed E-state index contributed by atoms with van der Waals surface area (Å²) in [5.41, 5.74) is 0.930. The van der Waals surface area contributed by atoms with Crippen LogP contribution in [-0.4, -0.2) is 37.3 Å². The van der Waals surface area contributed by atoms with E-state index in [1.54, 1.807) is 15.0 Å². The highest BCUT2D eigenvalue weighted by atomic mass is 32.2. The number of benzene rings is 2. The van der Waals surface area contributed by atoms with E-state index in [1.165, 1.54) is 36.0 Å². The van der Waals surface area contributed by atoms with Crippen LogP contribution in [0.15, 0.2) is 58.5 Å². The minimum atomic E-state index is -2.92. The number of fused-ring (bicyclic) bond motifs is 3. The molecule has 32 heavy (non-hydrogen) atoms. The fraction of sp³-hybridized carbons (Fsp3) is 0.273. The van der Waals surface area contributed by atoms with E-state index in [4.69, 9.17) is 0 Å². The number of hydrogen-bond donors (Lipinski definition) is 0. The van der Waals surface area contributed by atoms with Gasteiger partial charge in [0.1, 0.15) is 5.75 Å². The third kappa shape index (κ3) is 4.36. The molecule has 2 aromatic carbocycles. The van der Waals surface area contributed by atoms with E-state index in [-0.39, 0.29) is 22.8 Å². The van der Waals surface area contributed by atoms with Crippen molar-refractivity contribution in [3.63, 3.8) is 0 Å². The fourth-order valence-corrected chi connectivity index (χ4v) is 4.22. The Hall–Kier alpha value is -3.27. The van der Waals surface area contributed by atoms with Gasteiger partial charge in [-0.25, -0.2) is 0 Å². The summed E-state index contributed by atoms with van der Waals surface area (Å²) in [4.78, 5) is 25.6. The van der Waals surface area contributed by atoms with Gasteiger partial charge >= 0.3 is 6.61 Å². The van der Waals surface area contributed by atoms with Crippen molar-refractivity contribution >= 4 is 34.2 Å². The van der Waals surface area contributed by atoms with E-state index in [1.807, 2.05) is 25.1 Å². The first kappa shape index (κ1) is 21.9. The van der Waals surface area contributed by atoms with Gasteiger partial charge in [0.25, 0.3) is 5.56 Å². The number of thioether (sulfide) groups is 1. The molecule has 0 bridgehead atoms. The van der Waals surface area contributed by atoms with Crippen LogP contribution in [0.4, 0.5) is 8.78 Å². The summed E-state index contributed by atoms with van der Waals surface area (Å²) < 4.78 is 32.3. The second-order valence-electron chi connectivity index (χ2n) is 7.06. The lowest BCUT2D eigenvalue weighted by Crippen LogP contribution is -2.23. The van der Waals surface area contributed by atoms with Gasteiger partial charge in [0, 0.05) is 12.1 Å². The minimum absolute atomic E-state index is 0.0100. The van der Waals surface area contributed by atoms with Crippen LogP contribution < -0.4 is 10.3 Å². The Balaban J connectivity index is 1.63. The van der Waals surface area contributed by atoms with Gasteiger partial charge in [-0.15, -0.1) is 10.2 Å². The molecule has 0 saturated heterocycles. The third-order valence-electron chi connectivity index (χ3n) is 4.95. The number of ketones is 1. The molecule has 4 aromatic rings. The molecule has 2 heterocycles. The molecule has 0 aliphatic carbocycles. The van der Waals surface area contributed by atoms with E-state index in [0.29, 0.717) is 33.9 Å². The average molecular weight is 458 g/mol. The lowest BCUT2D eigenvalue weighted by molar-refractivity contribution is -0.0498. The summed E-state index contributed by atoms with van der Waals surface area (Å²) in [6, 6.07) is 12.8. The molecule has 0 radical (unpaired) electrons. The van der Waals surface area contributed by atoms with Gasteiger partial charge in [0.05, 0.1) is 16.7 Å². The first-order valence-electron chi connectivity index (χ1n) is 10.1. The lowest BCUT2D eigenvalue weighted by atomic mass is 10.1. The number of unbranched alkanes of at least 4 members (excludes halogenated alkanes) is 1. The summed E-state index contributed by atoms with van der Waals surface area (Å²) in [6.45, 7) is -0.345. The predicted molar refractivity (Wildman–Crippen MR) is 118 cm³/mol. The maximum atomic E-state index is 13.0. The zero-order chi connectivity index (χ0) is 22.7. The van der Waals surface area contributed by atoms with Crippen molar-refractivity contribution in [2.24, 2.45) is 0 Å². The van der Waals surface area contributed by atoms with Crippen LogP contribution in [0, 0.1) is 0 Å². The zero-order valence-electron chi connectivity index (χ0n) is 17.2. The number of ether oxygens (including phenoxy) is 1. The number of hydrogen-bond acceptors (Lipinski definition) is 6. The monoisotopic (exact) mass is 458 g/mol. The van der Waals surface area contributed by atoms with Crippen LogP contribution in [0.2, 0.25) is 0 Å². The van der Waals surface area contributed by atoms with Gasteiger partial charge in [-0.3, -0.25) is 18.6 Å². The van der Waals surface area contributed by atoms with Gasteiger partial charge in [-0.05, 0) is 42.8 Å². The highest BCUT2D eigenvalue weighted by Gasteiger charge is 2.18. The number of nitrogens with zero attached hydrogens (tertiary/aromatic N) is 4. The smallest absolute Gasteiger partial charge is 0.387 e. The Morgan fingerprint density at radius 2 is 1.88 bits per heavy atom. The molecule has 0 fully saturated rings. The molecule has 10 heteroatoms. The number of carbonyl (C=O) groups excluding carboxylic acids is 1. The van der Waals surface area contributed by atoms with Crippen LogP contribution in [0.25, 0.3) is 16.7 Å². The largest absolute Gasteiger partial charge is 0.435 e. The van der Waals surface area contributed by atoms with Gasteiger partial charge in [0.15, 0.2) is 10.9 Å². The van der Waals surface area contributed by atoms with E-state index in [0.717, 1.165) is 12.8 Å². The number of carbonyl (C=O) groups is 1.